The highest BCUT2D eigenvalue weighted by Gasteiger charge is 2.25. The van der Waals surface area contributed by atoms with Gasteiger partial charge in [-0.2, -0.15) is 0 Å². The van der Waals surface area contributed by atoms with Gasteiger partial charge in [0.15, 0.2) is 0 Å². The lowest BCUT2D eigenvalue weighted by Crippen LogP contribution is -2.53. The lowest BCUT2D eigenvalue weighted by molar-refractivity contribution is 0.332. The molecule has 0 aliphatic heterocycles. The third-order valence-electron chi connectivity index (χ3n) is 2.75. The molecule has 0 radical (unpaired) electrons. The zero-order valence-corrected chi connectivity index (χ0v) is 9.34. The van der Waals surface area contributed by atoms with E-state index < -0.39 is 0 Å². The summed E-state index contributed by atoms with van der Waals surface area (Å²) in [4.78, 5) is 0. The van der Waals surface area contributed by atoms with Gasteiger partial charge in [-0.05, 0) is 39.3 Å². The second-order valence-electron chi connectivity index (χ2n) is 4.29. The Kier molecular flexibility index (Phi) is 7.09. The molecule has 0 heterocycles. The van der Waals surface area contributed by atoms with Gasteiger partial charge in [0.25, 0.3) is 0 Å². The molecule has 14 heavy (non-hydrogen) atoms. The molecule has 0 saturated carbocycles. The fourth-order valence-electron chi connectivity index (χ4n) is 1.51. The average Bonchev–Trinajstić information content (AvgIpc) is 2.12. The maximum atomic E-state index is 6.06. The van der Waals surface area contributed by atoms with Crippen molar-refractivity contribution < 1.29 is 0 Å². The van der Waals surface area contributed by atoms with Crippen molar-refractivity contribution in [2.24, 2.45) is 22.9 Å². The number of unbranched alkanes of at least 4 members (excludes halogenated alkanes) is 2. The zero-order valence-electron chi connectivity index (χ0n) is 9.34. The molecule has 2 unspecified atom stereocenters. The molecule has 0 bridgehead atoms. The smallest absolute Gasteiger partial charge is 0.0291 e. The molecule has 0 saturated heterocycles. The fraction of sp³-hybridized carbons (Fsp3) is 1.00. The first-order valence-electron chi connectivity index (χ1n) is 5.49. The highest BCUT2D eigenvalue weighted by atomic mass is 14.8. The summed E-state index contributed by atoms with van der Waals surface area (Å²) in [6.07, 6.45) is 5.07. The summed E-state index contributed by atoms with van der Waals surface area (Å²) in [5.41, 5.74) is 22.6. The average molecular weight is 202 g/mol. The van der Waals surface area contributed by atoms with Crippen LogP contribution in [-0.4, -0.2) is 24.7 Å². The topological polar surface area (TPSA) is 104 Å². The Morgan fingerprint density at radius 2 is 1.71 bits per heavy atom. The molecule has 0 spiro atoms. The number of rotatable bonds is 8. The molecule has 0 fully saturated rings. The Morgan fingerprint density at radius 3 is 2.21 bits per heavy atom. The molecule has 0 aromatic heterocycles. The van der Waals surface area contributed by atoms with Gasteiger partial charge in [0.1, 0.15) is 0 Å². The first-order valence-corrected chi connectivity index (χ1v) is 5.49. The van der Waals surface area contributed by atoms with Gasteiger partial charge in [0, 0.05) is 11.6 Å². The maximum absolute atomic E-state index is 6.06. The van der Waals surface area contributed by atoms with Crippen molar-refractivity contribution in [3.05, 3.63) is 0 Å². The van der Waals surface area contributed by atoms with Gasteiger partial charge in [-0.25, -0.2) is 0 Å². The molecule has 86 valence electrons. The van der Waals surface area contributed by atoms with Crippen LogP contribution in [0.1, 0.15) is 39.0 Å². The molecule has 0 amide bonds. The van der Waals surface area contributed by atoms with Crippen LogP contribution in [0.5, 0.6) is 0 Å². The van der Waals surface area contributed by atoms with Crippen LogP contribution in [-0.2, 0) is 0 Å². The predicted molar refractivity (Wildman–Crippen MR) is 61.8 cm³/mol. The van der Waals surface area contributed by atoms with Crippen LogP contribution in [0.4, 0.5) is 0 Å². The molecule has 8 N–H and O–H groups in total. The van der Waals surface area contributed by atoms with Crippen LogP contribution in [0.3, 0.4) is 0 Å². The summed E-state index contributed by atoms with van der Waals surface area (Å²) in [5, 5.41) is 0. The minimum Gasteiger partial charge on any atom is -0.330 e. The summed E-state index contributed by atoms with van der Waals surface area (Å²) in [6.45, 7) is 3.34. The highest BCUT2D eigenvalue weighted by Crippen LogP contribution is 2.14. The second-order valence-corrected chi connectivity index (χ2v) is 4.29. The van der Waals surface area contributed by atoms with Gasteiger partial charge < -0.3 is 22.9 Å². The van der Waals surface area contributed by atoms with Crippen LogP contribution in [0.2, 0.25) is 0 Å². The van der Waals surface area contributed by atoms with Gasteiger partial charge in [0.2, 0.25) is 0 Å². The first-order chi connectivity index (χ1) is 6.54. The third kappa shape index (κ3) is 5.54. The van der Waals surface area contributed by atoms with Gasteiger partial charge >= 0.3 is 0 Å². The molecule has 0 rings (SSSR count). The van der Waals surface area contributed by atoms with Crippen molar-refractivity contribution in [3.8, 4) is 0 Å². The van der Waals surface area contributed by atoms with Crippen molar-refractivity contribution in [1.29, 1.82) is 0 Å². The monoisotopic (exact) mass is 202 g/mol. The normalized spacial score (nSPS) is 17.8. The van der Waals surface area contributed by atoms with Crippen molar-refractivity contribution in [2.75, 3.05) is 13.1 Å². The largest absolute Gasteiger partial charge is 0.330 e. The van der Waals surface area contributed by atoms with E-state index >= 15 is 0 Å². The fourth-order valence-corrected chi connectivity index (χ4v) is 1.51. The summed E-state index contributed by atoms with van der Waals surface area (Å²) < 4.78 is 0. The summed E-state index contributed by atoms with van der Waals surface area (Å²) in [7, 11) is 0. The van der Waals surface area contributed by atoms with E-state index in [1.54, 1.807) is 0 Å². The molecule has 0 aliphatic carbocycles. The second kappa shape index (κ2) is 7.17. The number of hydrogen-bond donors (Lipinski definition) is 4. The summed E-state index contributed by atoms with van der Waals surface area (Å²) in [5.74, 6) is 0. The van der Waals surface area contributed by atoms with Gasteiger partial charge in [-0.15, -0.1) is 0 Å². The van der Waals surface area contributed by atoms with Crippen LogP contribution in [0, 0.1) is 0 Å². The van der Waals surface area contributed by atoms with E-state index in [9.17, 15) is 0 Å². The van der Waals surface area contributed by atoms with E-state index in [-0.39, 0.29) is 11.6 Å². The van der Waals surface area contributed by atoms with E-state index in [1.807, 2.05) is 6.92 Å². The van der Waals surface area contributed by atoms with Crippen molar-refractivity contribution in [1.82, 2.24) is 0 Å². The molecule has 4 heteroatoms. The number of hydrogen-bond acceptors (Lipinski definition) is 4. The summed E-state index contributed by atoms with van der Waals surface area (Å²) in [6, 6.07) is 0.0452. The molecule has 0 aromatic carbocycles. The molecule has 0 aliphatic rings. The Balaban J connectivity index is 3.65. The predicted octanol–water partition coefficient (Wildman–Crippen LogP) is -0.101. The molecular weight excluding hydrogens is 176 g/mol. The maximum Gasteiger partial charge on any atom is 0.0291 e. The molecule has 2 atom stereocenters. The van der Waals surface area contributed by atoms with E-state index in [2.05, 4.69) is 0 Å². The van der Waals surface area contributed by atoms with E-state index in [0.717, 1.165) is 38.6 Å². The van der Waals surface area contributed by atoms with Gasteiger partial charge in [-0.3, -0.25) is 0 Å². The molecular formula is C10H26N4. The number of nitrogens with two attached hydrogens (primary N) is 4. The molecule has 0 aromatic rings. The van der Waals surface area contributed by atoms with E-state index in [4.69, 9.17) is 22.9 Å². The van der Waals surface area contributed by atoms with Gasteiger partial charge in [0.05, 0.1) is 0 Å². The molecule has 4 nitrogen and oxygen atoms in total. The van der Waals surface area contributed by atoms with Crippen LogP contribution in [0.15, 0.2) is 0 Å². The third-order valence-corrected chi connectivity index (χ3v) is 2.75. The van der Waals surface area contributed by atoms with Crippen LogP contribution in [0.25, 0.3) is 0 Å². The Labute approximate surface area is 87.4 Å². The Morgan fingerprint density at radius 1 is 1.07 bits per heavy atom. The Hall–Kier alpha value is -0.160. The lowest BCUT2D eigenvalue weighted by Gasteiger charge is -2.31. The SMILES string of the molecule is CC(N)(CCN)C(N)CCCCCN. The minimum atomic E-state index is -0.322. The highest BCUT2D eigenvalue weighted by molar-refractivity contribution is 4.90. The van der Waals surface area contributed by atoms with Crippen molar-refractivity contribution in [3.63, 3.8) is 0 Å². The van der Waals surface area contributed by atoms with Gasteiger partial charge in [-0.1, -0.05) is 12.8 Å². The first kappa shape index (κ1) is 13.8. The van der Waals surface area contributed by atoms with Crippen molar-refractivity contribution in [2.45, 2.75) is 50.6 Å². The van der Waals surface area contributed by atoms with E-state index in [1.165, 1.54) is 0 Å². The van der Waals surface area contributed by atoms with Crippen LogP contribution >= 0.6 is 0 Å². The lowest BCUT2D eigenvalue weighted by atomic mass is 9.87. The summed E-state index contributed by atoms with van der Waals surface area (Å²) >= 11 is 0. The van der Waals surface area contributed by atoms with Crippen molar-refractivity contribution >= 4 is 0 Å². The zero-order chi connectivity index (χ0) is 11.0. The standard InChI is InChI=1S/C10H26N4/c1-10(14,6-8-12)9(13)5-3-2-4-7-11/h9H,2-8,11-14H2,1H3. The van der Waals surface area contributed by atoms with Crippen LogP contribution < -0.4 is 22.9 Å². The van der Waals surface area contributed by atoms with E-state index in [0.29, 0.717) is 6.54 Å². The quantitative estimate of drug-likeness (QED) is 0.412. The minimum absolute atomic E-state index is 0.0452. The Bertz CT molecular complexity index is 136.